The molecule has 1 rings (SSSR count). The van der Waals surface area contributed by atoms with Gasteiger partial charge in [0, 0.05) is 18.4 Å². The summed E-state index contributed by atoms with van der Waals surface area (Å²) in [6.45, 7) is 0. The van der Waals surface area contributed by atoms with Crippen LogP contribution in [0, 0.1) is 0 Å². The van der Waals surface area contributed by atoms with E-state index in [9.17, 15) is 18.0 Å². The largest absolute Gasteiger partial charge is 0.478 e. The molecule has 0 saturated heterocycles. The molecule has 1 aromatic carbocycles. The van der Waals surface area contributed by atoms with Crippen molar-refractivity contribution in [2.45, 2.75) is 6.42 Å². The van der Waals surface area contributed by atoms with Gasteiger partial charge in [-0.25, -0.2) is 13.2 Å². The third-order valence-electron chi connectivity index (χ3n) is 2.12. The zero-order valence-corrected chi connectivity index (χ0v) is 10.5. The quantitative estimate of drug-likeness (QED) is 0.823. The van der Waals surface area contributed by atoms with Gasteiger partial charge in [-0.2, -0.15) is 0 Å². The van der Waals surface area contributed by atoms with Gasteiger partial charge in [0.2, 0.25) is 5.91 Å². The Hall–Kier alpha value is -1.89. The highest BCUT2D eigenvalue weighted by molar-refractivity contribution is 7.90. The number of rotatable bonds is 5. The van der Waals surface area contributed by atoms with Crippen molar-refractivity contribution in [1.82, 2.24) is 0 Å². The van der Waals surface area contributed by atoms with Crippen molar-refractivity contribution in [2.75, 3.05) is 17.3 Å². The number of aromatic carboxylic acids is 1. The van der Waals surface area contributed by atoms with Crippen LogP contribution in [0.3, 0.4) is 0 Å². The first-order valence-corrected chi connectivity index (χ1v) is 7.15. The highest BCUT2D eigenvalue weighted by atomic mass is 32.2. The maximum Gasteiger partial charge on any atom is 0.335 e. The molecule has 0 aliphatic carbocycles. The number of carboxylic acids is 1. The third kappa shape index (κ3) is 4.96. The van der Waals surface area contributed by atoms with E-state index >= 15 is 0 Å². The average Bonchev–Trinajstić information content (AvgIpc) is 2.26. The topological polar surface area (TPSA) is 101 Å². The monoisotopic (exact) mass is 271 g/mol. The second-order valence-corrected chi connectivity index (χ2v) is 6.07. The molecule has 1 amide bonds. The molecule has 7 heteroatoms. The second kappa shape index (κ2) is 5.63. The van der Waals surface area contributed by atoms with Crippen LogP contribution in [0.15, 0.2) is 24.3 Å². The minimum Gasteiger partial charge on any atom is -0.478 e. The maximum atomic E-state index is 11.4. The lowest BCUT2D eigenvalue weighted by molar-refractivity contribution is -0.115. The first-order valence-electron chi connectivity index (χ1n) is 5.09. The number of sulfone groups is 1. The third-order valence-corrected chi connectivity index (χ3v) is 3.06. The molecule has 0 bridgehead atoms. The molecule has 0 aromatic heterocycles. The number of hydrogen-bond acceptors (Lipinski definition) is 4. The molecule has 0 aliphatic rings. The number of carbonyl (C=O) groups is 2. The van der Waals surface area contributed by atoms with Crippen molar-refractivity contribution in [2.24, 2.45) is 0 Å². The fraction of sp³-hybridized carbons (Fsp3) is 0.273. The van der Waals surface area contributed by atoms with Crippen LogP contribution in [0.25, 0.3) is 0 Å². The van der Waals surface area contributed by atoms with E-state index in [1.165, 1.54) is 24.3 Å². The summed E-state index contributed by atoms with van der Waals surface area (Å²) in [5, 5.41) is 11.2. The second-order valence-electron chi connectivity index (χ2n) is 3.81. The van der Waals surface area contributed by atoms with Crippen molar-refractivity contribution in [3.05, 3.63) is 29.8 Å². The Labute approximate surface area is 105 Å². The first-order chi connectivity index (χ1) is 8.28. The predicted molar refractivity (Wildman–Crippen MR) is 66.4 cm³/mol. The SMILES string of the molecule is CS(=O)(=O)CCC(=O)Nc1ccc(C(=O)O)cc1. The number of carboxylic acid groups (broad SMARTS) is 1. The summed E-state index contributed by atoms with van der Waals surface area (Å²) in [5.41, 5.74) is 0.544. The average molecular weight is 271 g/mol. The molecule has 0 radical (unpaired) electrons. The van der Waals surface area contributed by atoms with Crippen LogP contribution >= 0.6 is 0 Å². The summed E-state index contributed by atoms with van der Waals surface area (Å²) in [4.78, 5) is 22.0. The Balaban J connectivity index is 2.57. The van der Waals surface area contributed by atoms with Crippen LogP contribution in [0.5, 0.6) is 0 Å². The molecule has 0 saturated carbocycles. The molecule has 0 atom stereocenters. The van der Waals surface area contributed by atoms with Gasteiger partial charge in [-0.3, -0.25) is 4.79 Å². The van der Waals surface area contributed by atoms with Gasteiger partial charge in [0.05, 0.1) is 11.3 Å². The van der Waals surface area contributed by atoms with Crippen LogP contribution in [0.4, 0.5) is 5.69 Å². The Kier molecular flexibility index (Phi) is 4.43. The van der Waals surface area contributed by atoms with Gasteiger partial charge >= 0.3 is 5.97 Å². The van der Waals surface area contributed by atoms with Gasteiger partial charge in [0.15, 0.2) is 0 Å². The van der Waals surface area contributed by atoms with Gasteiger partial charge in [-0.05, 0) is 24.3 Å². The van der Waals surface area contributed by atoms with Crippen molar-refractivity contribution >= 4 is 27.4 Å². The molecule has 98 valence electrons. The smallest absolute Gasteiger partial charge is 0.335 e. The van der Waals surface area contributed by atoms with E-state index in [1.807, 2.05) is 0 Å². The number of carbonyl (C=O) groups excluding carboxylic acids is 1. The van der Waals surface area contributed by atoms with E-state index in [2.05, 4.69) is 5.32 Å². The van der Waals surface area contributed by atoms with Gasteiger partial charge in [0.1, 0.15) is 9.84 Å². The number of anilines is 1. The Morgan fingerprint density at radius 2 is 1.78 bits per heavy atom. The maximum absolute atomic E-state index is 11.4. The Morgan fingerprint density at radius 1 is 1.22 bits per heavy atom. The number of nitrogens with one attached hydrogen (secondary N) is 1. The summed E-state index contributed by atoms with van der Waals surface area (Å²) in [6.07, 6.45) is 0.932. The molecule has 18 heavy (non-hydrogen) atoms. The molecule has 1 aromatic rings. The molecule has 2 N–H and O–H groups in total. The molecule has 0 spiro atoms. The zero-order valence-electron chi connectivity index (χ0n) is 9.71. The van der Waals surface area contributed by atoms with Crippen molar-refractivity contribution in [1.29, 1.82) is 0 Å². The predicted octanol–water partition coefficient (Wildman–Crippen LogP) is 0.758. The summed E-state index contributed by atoms with van der Waals surface area (Å²) < 4.78 is 21.7. The fourth-order valence-corrected chi connectivity index (χ4v) is 1.75. The lowest BCUT2D eigenvalue weighted by Crippen LogP contribution is -2.16. The minimum atomic E-state index is -3.17. The van der Waals surface area contributed by atoms with E-state index in [-0.39, 0.29) is 17.7 Å². The highest BCUT2D eigenvalue weighted by Crippen LogP contribution is 2.10. The van der Waals surface area contributed by atoms with E-state index < -0.39 is 21.7 Å². The lowest BCUT2D eigenvalue weighted by Gasteiger charge is -2.04. The summed E-state index contributed by atoms with van der Waals surface area (Å²) in [6, 6.07) is 5.60. The van der Waals surface area contributed by atoms with Crippen LogP contribution < -0.4 is 5.32 Å². The molecule has 0 unspecified atom stereocenters. The zero-order chi connectivity index (χ0) is 13.8. The van der Waals surface area contributed by atoms with Gasteiger partial charge in [-0.1, -0.05) is 0 Å². The van der Waals surface area contributed by atoms with Crippen molar-refractivity contribution in [3.8, 4) is 0 Å². The molecular weight excluding hydrogens is 258 g/mol. The Bertz CT molecular complexity index is 547. The van der Waals surface area contributed by atoms with Crippen LogP contribution in [0.1, 0.15) is 16.8 Å². The van der Waals surface area contributed by atoms with Crippen LogP contribution in [-0.4, -0.2) is 37.4 Å². The molecule has 6 nitrogen and oxygen atoms in total. The van der Waals surface area contributed by atoms with E-state index in [4.69, 9.17) is 5.11 Å². The molecule has 0 fully saturated rings. The van der Waals surface area contributed by atoms with Gasteiger partial charge < -0.3 is 10.4 Å². The van der Waals surface area contributed by atoms with E-state index in [1.54, 1.807) is 0 Å². The van der Waals surface area contributed by atoms with Crippen molar-refractivity contribution < 1.29 is 23.1 Å². The van der Waals surface area contributed by atoms with Crippen LogP contribution in [0.2, 0.25) is 0 Å². The summed E-state index contributed by atoms with van der Waals surface area (Å²) >= 11 is 0. The van der Waals surface area contributed by atoms with Gasteiger partial charge in [-0.15, -0.1) is 0 Å². The highest BCUT2D eigenvalue weighted by Gasteiger charge is 2.08. The number of amides is 1. The Morgan fingerprint density at radius 3 is 2.22 bits per heavy atom. The van der Waals surface area contributed by atoms with E-state index in [0.29, 0.717) is 5.69 Å². The van der Waals surface area contributed by atoms with Crippen LogP contribution in [-0.2, 0) is 14.6 Å². The number of hydrogen-bond donors (Lipinski definition) is 2. The first kappa shape index (κ1) is 14.2. The fourth-order valence-electron chi connectivity index (χ4n) is 1.20. The molecule has 0 aliphatic heterocycles. The van der Waals surface area contributed by atoms with Crippen molar-refractivity contribution in [3.63, 3.8) is 0 Å². The lowest BCUT2D eigenvalue weighted by atomic mass is 10.2. The summed E-state index contributed by atoms with van der Waals surface area (Å²) in [7, 11) is -3.17. The normalized spacial score (nSPS) is 10.9. The molecular formula is C11H13NO5S. The standard InChI is InChI=1S/C11H13NO5S/c1-18(16,17)7-6-10(13)12-9-4-2-8(3-5-9)11(14)15/h2-5H,6-7H2,1H3,(H,12,13)(H,14,15). The number of benzene rings is 1. The minimum absolute atomic E-state index is 0.115. The van der Waals surface area contributed by atoms with E-state index in [0.717, 1.165) is 6.26 Å². The van der Waals surface area contributed by atoms with Gasteiger partial charge in [0.25, 0.3) is 0 Å². The molecule has 0 heterocycles. The summed E-state index contributed by atoms with van der Waals surface area (Å²) in [5.74, 6) is -1.69.